The molecule has 1 fully saturated rings. The molecule has 3 N–H and O–H groups in total. The number of hydrogen-bond donors (Lipinski definition) is 3. The number of piperidine rings is 1. The Kier molecular flexibility index (Phi) is 7.48. The fraction of sp³-hybridized carbons (Fsp3) is 0.286. The van der Waals surface area contributed by atoms with Crippen molar-refractivity contribution in [3.05, 3.63) is 89.5 Å². The molecule has 0 aromatic heterocycles. The SMILES string of the molecule is Cc1ccc(NC(=O)Nc2ccc(N3CCCCC3)c(C(=O)NC(C)c3ccccc3)c2)cc1. The molecule has 4 rings (SSSR count). The molecule has 0 radical (unpaired) electrons. The Labute approximate surface area is 201 Å². The summed E-state index contributed by atoms with van der Waals surface area (Å²) in [6, 6.07) is 22.6. The number of carbonyl (C=O) groups excluding carboxylic acids is 2. The predicted molar refractivity (Wildman–Crippen MR) is 139 cm³/mol. The molecule has 1 unspecified atom stereocenters. The van der Waals surface area contributed by atoms with E-state index in [9.17, 15) is 9.59 Å². The van der Waals surface area contributed by atoms with Crippen LogP contribution < -0.4 is 20.9 Å². The van der Waals surface area contributed by atoms with Gasteiger partial charge in [0.05, 0.1) is 11.6 Å². The van der Waals surface area contributed by atoms with Crippen molar-refractivity contribution in [2.24, 2.45) is 0 Å². The van der Waals surface area contributed by atoms with Gasteiger partial charge in [0.2, 0.25) is 0 Å². The van der Waals surface area contributed by atoms with E-state index in [1.54, 1.807) is 6.07 Å². The molecule has 6 nitrogen and oxygen atoms in total. The lowest BCUT2D eigenvalue weighted by molar-refractivity contribution is 0.0940. The number of anilines is 3. The topological polar surface area (TPSA) is 73.5 Å². The van der Waals surface area contributed by atoms with Gasteiger partial charge in [0.15, 0.2) is 0 Å². The van der Waals surface area contributed by atoms with Crippen LogP contribution in [0.2, 0.25) is 0 Å². The summed E-state index contributed by atoms with van der Waals surface area (Å²) < 4.78 is 0. The normalized spacial score (nSPS) is 14.2. The van der Waals surface area contributed by atoms with E-state index >= 15 is 0 Å². The van der Waals surface area contributed by atoms with Crippen LogP contribution in [0.1, 0.15) is 53.7 Å². The molecule has 0 bridgehead atoms. The third-order valence-corrected chi connectivity index (χ3v) is 6.15. The van der Waals surface area contributed by atoms with Crippen molar-refractivity contribution in [3.8, 4) is 0 Å². The summed E-state index contributed by atoms with van der Waals surface area (Å²) in [4.78, 5) is 28.2. The van der Waals surface area contributed by atoms with Crippen LogP contribution in [0.15, 0.2) is 72.8 Å². The third kappa shape index (κ3) is 5.95. The number of aryl methyl sites for hydroxylation is 1. The minimum Gasteiger partial charge on any atom is -0.371 e. The fourth-order valence-electron chi connectivity index (χ4n) is 4.24. The minimum atomic E-state index is -0.349. The zero-order valence-corrected chi connectivity index (χ0v) is 19.8. The van der Waals surface area contributed by atoms with Crippen molar-refractivity contribution >= 4 is 29.0 Å². The number of nitrogens with zero attached hydrogens (tertiary/aromatic N) is 1. The maximum Gasteiger partial charge on any atom is 0.323 e. The lowest BCUT2D eigenvalue weighted by atomic mass is 10.0. The van der Waals surface area contributed by atoms with Crippen LogP contribution in [-0.2, 0) is 0 Å². The zero-order chi connectivity index (χ0) is 23.9. The van der Waals surface area contributed by atoms with Crippen molar-refractivity contribution in [1.29, 1.82) is 0 Å². The zero-order valence-electron chi connectivity index (χ0n) is 19.8. The smallest absolute Gasteiger partial charge is 0.323 e. The fourth-order valence-corrected chi connectivity index (χ4v) is 4.24. The van der Waals surface area contributed by atoms with Crippen molar-refractivity contribution in [2.75, 3.05) is 28.6 Å². The molecule has 6 heteroatoms. The highest BCUT2D eigenvalue weighted by molar-refractivity contribution is 6.04. The summed E-state index contributed by atoms with van der Waals surface area (Å²) in [6.45, 7) is 5.83. The molecule has 1 aliphatic rings. The van der Waals surface area contributed by atoms with Gasteiger partial charge in [-0.2, -0.15) is 0 Å². The van der Waals surface area contributed by atoms with E-state index in [0.717, 1.165) is 42.7 Å². The van der Waals surface area contributed by atoms with E-state index in [1.807, 2.05) is 80.6 Å². The number of carbonyl (C=O) groups is 2. The van der Waals surface area contributed by atoms with Crippen LogP contribution in [0.3, 0.4) is 0 Å². The molecular formula is C28H32N4O2. The van der Waals surface area contributed by atoms with Gasteiger partial charge in [0.1, 0.15) is 0 Å². The molecule has 1 saturated heterocycles. The maximum atomic E-state index is 13.4. The van der Waals surface area contributed by atoms with Gasteiger partial charge in [-0.25, -0.2) is 4.79 Å². The van der Waals surface area contributed by atoms with Gasteiger partial charge < -0.3 is 20.9 Å². The van der Waals surface area contributed by atoms with Crippen LogP contribution in [0.25, 0.3) is 0 Å². The number of hydrogen-bond acceptors (Lipinski definition) is 3. The summed E-state index contributed by atoms with van der Waals surface area (Å²) in [5.74, 6) is -0.153. The third-order valence-electron chi connectivity index (χ3n) is 6.15. The Hall–Kier alpha value is -3.80. The first-order valence-corrected chi connectivity index (χ1v) is 11.9. The Balaban J connectivity index is 1.54. The van der Waals surface area contributed by atoms with E-state index in [4.69, 9.17) is 0 Å². The average Bonchev–Trinajstić information content (AvgIpc) is 2.86. The van der Waals surface area contributed by atoms with Crippen molar-refractivity contribution in [1.82, 2.24) is 5.32 Å². The molecule has 0 aliphatic carbocycles. The van der Waals surface area contributed by atoms with E-state index in [1.165, 1.54) is 6.42 Å². The predicted octanol–water partition coefficient (Wildman–Crippen LogP) is 6.12. The molecule has 1 atom stereocenters. The summed E-state index contributed by atoms with van der Waals surface area (Å²) in [5.41, 5.74) is 4.92. The maximum absolute atomic E-state index is 13.4. The quantitative estimate of drug-likeness (QED) is 0.418. The molecule has 3 amide bonds. The molecule has 176 valence electrons. The molecule has 1 heterocycles. The second-order valence-electron chi connectivity index (χ2n) is 8.83. The molecule has 0 spiro atoms. The first-order valence-electron chi connectivity index (χ1n) is 11.9. The van der Waals surface area contributed by atoms with E-state index < -0.39 is 0 Å². The summed E-state index contributed by atoms with van der Waals surface area (Å²) in [6.07, 6.45) is 3.43. The first-order chi connectivity index (χ1) is 16.5. The van der Waals surface area contributed by atoms with Gasteiger partial charge in [-0.15, -0.1) is 0 Å². The van der Waals surface area contributed by atoms with Gasteiger partial charge in [-0.3, -0.25) is 4.79 Å². The van der Waals surface area contributed by atoms with E-state index in [2.05, 4.69) is 20.9 Å². The first kappa shape index (κ1) is 23.4. The highest BCUT2D eigenvalue weighted by Crippen LogP contribution is 2.28. The highest BCUT2D eigenvalue weighted by Gasteiger charge is 2.21. The van der Waals surface area contributed by atoms with Gasteiger partial charge in [0.25, 0.3) is 5.91 Å². The Morgan fingerprint density at radius 2 is 1.47 bits per heavy atom. The number of rotatable bonds is 6. The van der Waals surface area contributed by atoms with Gasteiger partial charge in [0, 0.05) is 30.2 Å². The van der Waals surface area contributed by atoms with Crippen LogP contribution in [0.5, 0.6) is 0 Å². The number of amides is 3. The molecular weight excluding hydrogens is 424 g/mol. The molecule has 3 aromatic rings. The number of urea groups is 1. The molecule has 34 heavy (non-hydrogen) atoms. The Morgan fingerprint density at radius 3 is 2.18 bits per heavy atom. The molecule has 0 saturated carbocycles. The van der Waals surface area contributed by atoms with Crippen LogP contribution >= 0.6 is 0 Å². The summed E-state index contributed by atoms with van der Waals surface area (Å²) in [5, 5.41) is 8.83. The number of benzene rings is 3. The van der Waals surface area contributed by atoms with Gasteiger partial charge >= 0.3 is 6.03 Å². The molecule has 3 aromatic carbocycles. The molecule has 1 aliphatic heterocycles. The standard InChI is InChI=1S/C28H32N4O2/c1-20-11-13-23(14-12-20)30-28(34)31-24-15-16-26(32-17-7-4-8-18-32)25(19-24)27(33)29-21(2)22-9-5-3-6-10-22/h3,5-6,9-16,19,21H,4,7-8,17-18H2,1-2H3,(H,29,33)(H2,30,31,34). The minimum absolute atomic E-state index is 0.135. The summed E-state index contributed by atoms with van der Waals surface area (Å²) >= 11 is 0. The van der Waals surface area contributed by atoms with Crippen molar-refractivity contribution < 1.29 is 9.59 Å². The average molecular weight is 457 g/mol. The van der Waals surface area contributed by atoms with Crippen LogP contribution in [-0.4, -0.2) is 25.0 Å². The largest absolute Gasteiger partial charge is 0.371 e. The Morgan fingerprint density at radius 1 is 0.824 bits per heavy atom. The lowest BCUT2D eigenvalue weighted by Crippen LogP contribution is -2.33. The second kappa shape index (κ2) is 10.9. The lowest BCUT2D eigenvalue weighted by Gasteiger charge is -2.31. The van der Waals surface area contributed by atoms with E-state index in [0.29, 0.717) is 16.9 Å². The Bertz CT molecular complexity index is 1120. The van der Waals surface area contributed by atoms with Gasteiger partial charge in [-0.1, -0.05) is 48.0 Å². The van der Waals surface area contributed by atoms with Crippen molar-refractivity contribution in [2.45, 2.75) is 39.2 Å². The monoisotopic (exact) mass is 456 g/mol. The van der Waals surface area contributed by atoms with Crippen LogP contribution in [0, 0.1) is 6.92 Å². The van der Waals surface area contributed by atoms with Crippen LogP contribution in [0.4, 0.5) is 21.9 Å². The number of nitrogens with one attached hydrogen (secondary N) is 3. The van der Waals surface area contributed by atoms with E-state index in [-0.39, 0.29) is 18.0 Å². The van der Waals surface area contributed by atoms with Crippen molar-refractivity contribution in [3.63, 3.8) is 0 Å². The summed E-state index contributed by atoms with van der Waals surface area (Å²) in [7, 11) is 0. The second-order valence-corrected chi connectivity index (χ2v) is 8.83. The van der Waals surface area contributed by atoms with Gasteiger partial charge in [-0.05, 0) is 69.0 Å². The highest BCUT2D eigenvalue weighted by atomic mass is 16.2.